The van der Waals surface area contributed by atoms with E-state index in [4.69, 9.17) is 10.8 Å². The van der Waals surface area contributed by atoms with Crippen molar-refractivity contribution in [2.24, 2.45) is 0 Å². The van der Waals surface area contributed by atoms with Crippen molar-refractivity contribution in [2.45, 2.75) is 13.0 Å². The van der Waals surface area contributed by atoms with Crippen LogP contribution < -0.4 is 5.73 Å². The van der Waals surface area contributed by atoms with E-state index < -0.39 is 5.97 Å². The van der Waals surface area contributed by atoms with Gasteiger partial charge in [0.25, 0.3) is 0 Å². The zero-order chi connectivity index (χ0) is 8.27. The van der Waals surface area contributed by atoms with E-state index in [2.05, 4.69) is 5.10 Å². The molecule has 1 heterocycles. The Morgan fingerprint density at radius 1 is 1.82 bits per heavy atom. The van der Waals surface area contributed by atoms with E-state index in [1.54, 1.807) is 6.20 Å². The summed E-state index contributed by atoms with van der Waals surface area (Å²) in [5.74, 6) is -0.834. The molecule has 0 spiro atoms. The standard InChI is InChI=1S/C6H9N3O2/c7-5-3-8-9(4-5)2-1-6(10)11/h3-4H,1-2,7H2,(H,10,11). The van der Waals surface area contributed by atoms with Crippen LogP contribution in [-0.4, -0.2) is 20.9 Å². The first kappa shape index (κ1) is 7.59. The zero-order valence-corrected chi connectivity index (χ0v) is 5.90. The summed E-state index contributed by atoms with van der Waals surface area (Å²) in [6, 6.07) is 0. The maximum atomic E-state index is 10.1. The number of hydrogen-bond acceptors (Lipinski definition) is 3. The van der Waals surface area contributed by atoms with Crippen molar-refractivity contribution in [3.63, 3.8) is 0 Å². The number of rotatable bonds is 3. The van der Waals surface area contributed by atoms with Crippen LogP contribution >= 0.6 is 0 Å². The Hall–Kier alpha value is -1.52. The molecule has 11 heavy (non-hydrogen) atoms. The van der Waals surface area contributed by atoms with Gasteiger partial charge in [-0.2, -0.15) is 5.10 Å². The Morgan fingerprint density at radius 2 is 2.55 bits per heavy atom. The van der Waals surface area contributed by atoms with Gasteiger partial charge in [-0.3, -0.25) is 9.48 Å². The van der Waals surface area contributed by atoms with E-state index in [1.165, 1.54) is 10.9 Å². The summed E-state index contributed by atoms with van der Waals surface area (Å²) >= 11 is 0. The fraction of sp³-hybridized carbons (Fsp3) is 0.333. The molecule has 0 atom stereocenters. The number of aromatic nitrogens is 2. The van der Waals surface area contributed by atoms with Gasteiger partial charge in [-0.15, -0.1) is 0 Å². The predicted octanol–water partition coefficient (Wildman–Crippen LogP) is -0.0600. The van der Waals surface area contributed by atoms with Crippen LogP contribution in [0.15, 0.2) is 12.4 Å². The molecule has 0 bridgehead atoms. The van der Waals surface area contributed by atoms with Crippen molar-refractivity contribution in [3.8, 4) is 0 Å². The third kappa shape index (κ3) is 2.29. The van der Waals surface area contributed by atoms with Crippen LogP contribution in [0.4, 0.5) is 5.69 Å². The van der Waals surface area contributed by atoms with Gasteiger partial charge in [0.2, 0.25) is 0 Å². The highest BCUT2D eigenvalue weighted by atomic mass is 16.4. The van der Waals surface area contributed by atoms with E-state index in [-0.39, 0.29) is 6.42 Å². The number of nitrogen functional groups attached to an aromatic ring is 1. The van der Waals surface area contributed by atoms with E-state index in [0.29, 0.717) is 12.2 Å². The highest BCUT2D eigenvalue weighted by Gasteiger charge is 1.98. The van der Waals surface area contributed by atoms with E-state index >= 15 is 0 Å². The largest absolute Gasteiger partial charge is 0.481 e. The first-order valence-corrected chi connectivity index (χ1v) is 3.18. The fourth-order valence-electron chi connectivity index (χ4n) is 0.712. The molecule has 1 aromatic rings. The Kier molecular flexibility index (Phi) is 2.10. The molecular weight excluding hydrogens is 146 g/mol. The predicted molar refractivity (Wildman–Crippen MR) is 38.9 cm³/mol. The molecule has 3 N–H and O–H groups in total. The Balaban J connectivity index is 2.45. The molecular formula is C6H9N3O2. The van der Waals surface area contributed by atoms with Gasteiger partial charge >= 0.3 is 5.97 Å². The van der Waals surface area contributed by atoms with Crippen molar-refractivity contribution in [3.05, 3.63) is 12.4 Å². The first-order valence-electron chi connectivity index (χ1n) is 3.18. The number of aryl methyl sites for hydroxylation is 1. The van der Waals surface area contributed by atoms with E-state index in [0.717, 1.165) is 0 Å². The SMILES string of the molecule is Nc1cnn(CCC(=O)O)c1. The normalized spacial score (nSPS) is 9.82. The second kappa shape index (κ2) is 3.05. The lowest BCUT2D eigenvalue weighted by atomic mass is 10.4. The minimum atomic E-state index is -0.834. The molecule has 0 amide bonds. The van der Waals surface area contributed by atoms with Gasteiger partial charge in [0.1, 0.15) is 0 Å². The quantitative estimate of drug-likeness (QED) is 0.640. The number of carboxylic acids is 1. The number of nitrogens with zero attached hydrogens (tertiary/aromatic N) is 2. The van der Waals surface area contributed by atoms with Gasteiger partial charge in [0.15, 0.2) is 0 Å². The summed E-state index contributed by atoms with van der Waals surface area (Å²) in [4.78, 5) is 10.1. The van der Waals surface area contributed by atoms with Gasteiger partial charge in [0, 0.05) is 6.20 Å². The molecule has 0 radical (unpaired) electrons. The van der Waals surface area contributed by atoms with E-state index in [1.807, 2.05) is 0 Å². The molecule has 1 rings (SSSR count). The summed E-state index contributed by atoms with van der Waals surface area (Å²) in [6.07, 6.45) is 3.16. The molecule has 0 fully saturated rings. The van der Waals surface area contributed by atoms with Gasteiger partial charge < -0.3 is 10.8 Å². The first-order chi connectivity index (χ1) is 5.18. The fourth-order valence-corrected chi connectivity index (χ4v) is 0.712. The number of aliphatic carboxylic acids is 1. The van der Waals surface area contributed by atoms with Gasteiger partial charge in [-0.1, -0.05) is 0 Å². The highest BCUT2D eigenvalue weighted by molar-refractivity contribution is 5.66. The molecule has 0 saturated heterocycles. The van der Waals surface area contributed by atoms with Crippen LogP contribution in [0.25, 0.3) is 0 Å². The molecule has 0 aliphatic rings. The second-order valence-corrected chi connectivity index (χ2v) is 2.18. The zero-order valence-electron chi connectivity index (χ0n) is 5.90. The van der Waals surface area contributed by atoms with Crippen LogP contribution in [-0.2, 0) is 11.3 Å². The maximum Gasteiger partial charge on any atom is 0.305 e. The van der Waals surface area contributed by atoms with Crippen LogP contribution in [0.3, 0.4) is 0 Å². The molecule has 0 aliphatic heterocycles. The molecule has 0 aromatic carbocycles. The van der Waals surface area contributed by atoms with Crippen molar-refractivity contribution in [2.75, 3.05) is 5.73 Å². The lowest BCUT2D eigenvalue weighted by molar-refractivity contribution is -0.137. The minimum Gasteiger partial charge on any atom is -0.481 e. The molecule has 0 unspecified atom stereocenters. The van der Waals surface area contributed by atoms with Crippen molar-refractivity contribution in [1.29, 1.82) is 0 Å². The summed E-state index contributed by atoms with van der Waals surface area (Å²) in [5, 5.41) is 12.1. The summed E-state index contributed by atoms with van der Waals surface area (Å²) in [5.41, 5.74) is 5.91. The van der Waals surface area contributed by atoms with Gasteiger partial charge in [-0.05, 0) is 0 Å². The van der Waals surface area contributed by atoms with Gasteiger partial charge in [-0.25, -0.2) is 0 Å². The minimum absolute atomic E-state index is 0.0706. The summed E-state index contributed by atoms with van der Waals surface area (Å²) < 4.78 is 1.50. The lowest BCUT2D eigenvalue weighted by Gasteiger charge is -1.95. The number of nitrogens with two attached hydrogens (primary N) is 1. The topological polar surface area (TPSA) is 81.1 Å². The molecule has 1 aromatic heterocycles. The van der Waals surface area contributed by atoms with Crippen LogP contribution in [0.5, 0.6) is 0 Å². The van der Waals surface area contributed by atoms with Gasteiger partial charge in [0.05, 0.1) is 24.8 Å². The Labute approximate surface area is 63.4 Å². The smallest absolute Gasteiger partial charge is 0.305 e. The molecule has 5 nitrogen and oxygen atoms in total. The number of carboxylic acid groups (broad SMARTS) is 1. The summed E-state index contributed by atoms with van der Waals surface area (Å²) in [6.45, 7) is 0.368. The third-order valence-corrected chi connectivity index (χ3v) is 1.21. The second-order valence-electron chi connectivity index (χ2n) is 2.18. The summed E-state index contributed by atoms with van der Waals surface area (Å²) in [7, 11) is 0. The number of carbonyl (C=O) groups is 1. The van der Waals surface area contributed by atoms with Crippen LogP contribution in [0.1, 0.15) is 6.42 Å². The average molecular weight is 155 g/mol. The Morgan fingerprint density at radius 3 is 3.00 bits per heavy atom. The van der Waals surface area contributed by atoms with E-state index in [9.17, 15) is 4.79 Å². The molecule has 0 aliphatic carbocycles. The lowest BCUT2D eigenvalue weighted by Crippen LogP contribution is -2.04. The maximum absolute atomic E-state index is 10.1. The number of hydrogen-bond donors (Lipinski definition) is 2. The molecule has 0 saturated carbocycles. The molecule has 60 valence electrons. The highest BCUT2D eigenvalue weighted by Crippen LogP contribution is 1.98. The Bertz CT molecular complexity index is 256. The van der Waals surface area contributed by atoms with Crippen molar-refractivity contribution >= 4 is 11.7 Å². The third-order valence-electron chi connectivity index (χ3n) is 1.21. The van der Waals surface area contributed by atoms with Crippen molar-refractivity contribution < 1.29 is 9.90 Å². The average Bonchev–Trinajstić information content (AvgIpc) is 2.31. The van der Waals surface area contributed by atoms with Crippen LogP contribution in [0, 0.1) is 0 Å². The monoisotopic (exact) mass is 155 g/mol. The number of anilines is 1. The van der Waals surface area contributed by atoms with Crippen LogP contribution in [0.2, 0.25) is 0 Å². The van der Waals surface area contributed by atoms with Crippen molar-refractivity contribution in [1.82, 2.24) is 9.78 Å². The molecule has 5 heteroatoms.